The Morgan fingerprint density at radius 1 is 1.09 bits per heavy atom. The summed E-state index contributed by atoms with van der Waals surface area (Å²) in [5, 5.41) is 1.02. The van der Waals surface area contributed by atoms with Gasteiger partial charge in [0.05, 0.1) is 11.0 Å². The van der Waals surface area contributed by atoms with Crippen LogP contribution in [0.5, 0.6) is 0 Å². The Morgan fingerprint density at radius 3 is 2.77 bits per heavy atom. The number of fused-ring (bicyclic) bond motifs is 2. The number of nitrogens with zero attached hydrogens (tertiary/aromatic N) is 3. The Morgan fingerprint density at radius 2 is 1.91 bits per heavy atom. The first-order chi connectivity index (χ1) is 10.6. The number of para-hydroxylation sites is 2. The van der Waals surface area contributed by atoms with E-state index in [1.54, 1.807) is 0 Å². The molecule has 0 fully saturated rings. The second-order valence-corrected chi connectivity index (χ2v) is 5.30. The van der Waals surface area contributed by atoms with Crippen LogP contribution in [0.2, 0.25) is 0 Å². The highest BCUT2D eigenvalue weighted by molar-refractivity contribution is 6.05. The standard InChI is InChI=1S/C17H14N4O/c1-20-9-8-11-10-12(6-7-14(11)20)16(22)21-15-5-3-2-4-13(15)19-17(21)18/h2-10H,1H3,(H2,18,19). The number of hydrogen-bond donors (Lipinski definition) is 1. The van der Waals surface area contributed by atoms with Crippen LogP contribution >= 0.6 is 0 Å². The summed E-state index contributed by atoms with van der Waals surface area (Å²) < 4.78 is 3.48. The lowest BCUT2D eigenvalue weighted by atomic mass is 10.1. The van der Waals surface area contributed by atoms with Gasteiger partial charge in [-0.05, 0) is 36.4 Å². The zero-order valence-corrected chi connectivity index (χ0v) is 12.0. The SMILES string of the molecule is Cn1ccc2cc(C(=O)n3c(N)nc4ccccc43)ccc21. The normalized spacial score (nSPS) is 11.3. The number of benzene rings is 2. The van der Waals surface area contributed by atoms with Crippen molar-refractivity contribution < 1.29 is 4.79 Å². The molecule has 2 N–H and O–H groups in total. The van der Waals surface area contributed by atoms with Gasteiger partial charge in [0.2, 0.25) is 5.95 Å². The van der Waals surface area contributed by atoms with Crippen LogP contribution in [0.1, 0.15) is 10.4 Å². The van der Waals surface area contributed by atoms with Gasteiger partial charge in [0.25, 0.3) is 5.91 Å². The number of anilines is 1. The van der Waals surface area contributed by atoms with Crippen molar-refractivity contribution in [1.82, 2.24) is 14.1 Å². The van der Waals surface area contributed by atoms with E-state index < -0.39 is 0 Å². The third-order valence-electron chi connectivity index (χ3n) is 3.92. The van der Waals surface area contributed by atoms with Crippen molar-refractivity contribution in [3.63, 3.8) is 0 Å². The Kier molecular flexibility index (Phi) is 2.56. The van der Waals surface area contributed by atoms with E-state index in [0.29, 0.717) is 11.1 Å². The van der Waals surface area contributed by atoms with Gasteiger partial charge in [-0.2, -0.15) is 0 Å². The summed E-state index contributed by atoms with van der Waals surface area (Å²) in [6, 6.07) is 15.1. The smallest absolute Gasteiger partial charge is 0.265 e. The molecule has 0 saturated heterocycles. The lowest BCUT2D eigenvalue weighted by molar-refractivity contribution is 0.0967. The van der Waals surface area contributed by atoms with Crippen molar-refractivity contribution in [1.29, 1.82) is 0 Å². The predicted molar refractivity (Wildman–Crippen MR) is 86.8 cm³/mol. The number of aryl methyl sites for hydroxylation is 1. The van der Waals surface area contributed by atoms with Crippen LogP contribution in [0.4, 0.5) is 5.95 Å². The summed E-state index contributed by atoms with van der Waals surface area (Å²) in [6.07, 6.45) is 1.97. The van der Waals surface area contributed by atoms with E-state index in [4.69, 9.17) is 5.73 Å². The molecule has 2 aromatic heterocycles. The van der Waals surface area contributed by atoms with E-state index in [-0.39, 0.29) is 11.9 Å². The van der Waals surface area contributed by atoms with Crippen molar-refractivity contribution in [2.45, 2.75) is 0 Å². The predicted octanol–water partition coefficient (Wildman–Crippen LogP) is 2.80. The van der Waals surface area contributed by atoms with Crippen LogP contribution in [0.15, 0.2) is 54.7 Å². The minimum Gasteiger partial charge on any atom is -0.369 e. The van der Waals surface area contributed by atoms with E-state index in [1.807, 2.05) is 66.3 Å². The van der Waals surface area contributed by atoms with E-state index in [9.17, 15) is 4.79 Å². The van der Waals surface area contributed by atoms with Gasteiger partial charge in [0.1, 0.15) is 0 Å². The number of carbonyl (C=O) groups is 1. The monoisotopic (exact) mass is 290 g/mol. The number of carbonyl (C=O) groups excluding carboxylic acids is 1. The van der Waals surface area contributed by atoms with Crippen LogP contribution in [0, 0.1) is 0 Å². The quantitative estimate of drug-likeness (QED) is 0.586. The lowest BCUT2D eigenvalue weighted by Gasteiger charge is -2.06. The minimum atomic E-state index is -0.169. The zero-order valence-electron chi connectivity index (χ0n) is 12.0. The highest BCUT2D eigenvalue weighted by Crippen LogP contribution is 2.22. The summed E-state index contributed by atoms with van der Waals surface area (Å²) in [5.74, 6) is 0.0383. The number of rotatable bonds is 1. The van der Waals surface area contributed by atoms with Gasteiger partial charge in [0, 0.05) is 29.7 Å². The molecule has 0 saturated carbocycles. The molecule has 4 aromatic rings. The third kappa shape index (κ3) is 1.72. The Balaban J connectivity index is 1.89. The molecular formula is C17H14N4O. The lowest BCUT2D eigenvalue weighted by Crippen LogP contribution is -2.14. The van der Waals surface area contributed by atoms with Crippen molar-refractivity contribution >= 4 is 33.8 Å². The maximum absolute atomic E-state index is 12.8. The molecule has 2 heterocycles. The van der Waals surface area contributed by atoms with Gasteiger partial charge in [-0.3, -0.25) is 4.79 Å². The Hall–Kier alpha value is -3.08. The average Bonchev–Trinajstić information content (AvgIpc) is 3.06. The first-order valence-corrected chi connectivity index (χ1v) is 6.98. The van der Waals surface area contributed by atoms with E-state index >= 15 is 0 Å². The Bertz CT molecular complexity index is 1030. The second kappa shape index (κ2) is 4.46. The fraction of sp³-hybridized carbons (Fsp3) is 0.0588. The first kappa shape index (κ1) is 12.6. The molecular weight excluding hydrogens is 276 g/mol. The summed E-state index contributed by atoms with van der Waals surface area (Å²) in [6.45, 7) is 0. The van der Waals surface area contributed by atoms with Crippen molar-refractivity contribution in [2.75, 3.05) is 5.73 Å². The van der Waals surface area contributed by atoms with Crippen LogP contribution in [-0.4, -0.2) is 20.0 Å². The fourth-order valence-electron chi connectivity index (χ4n) is 2.80. The molecule has 22 heavy (non-hydrogen) atoms. The maximum Gasteiger partial charge on any atom is 0.265 e. The molecule has 0 atom stereocenters. The summed E-state index contributed by atoms with van der Waals surface area (Å²) in [7, 11) is 1.98. The minimum absolute atomic E-state index is 0.169. The Labute approximate surface area is 126 Å². The van der Waals surface area contributed by atoms with Gasteiger partial charge in [-0.1, -0.05) is 12.1 Å². The molecule has 0 bridgehead atoms. The third-order valence-corrected chi connectivity index (χ3v) is 3.92. The molecule has 4 rings (SSSR count). The van der Waals surface area contributed by atoms with E-state index in [1.165, 1.54) is 4.57 Å². The summed E-state index contributed by atoms with van der Waals surface area (Å²) in [5.41, 5.74) is 9.05. The molecule has 108 valence electrons. The van der Waals surface area contributed by atoms with Gasteiger partial charge >= 0.3 is 0 Å². The van der Waals surface area contributed by atoms with Crippen molar-refractivity contribution in [2.24, 2.45) is 7.05 Å². The molecule has 0 aliphatic heterocycles. The van der Waals surface area contributed by atoms with Gasteiger partial charge < -0.3 is 10.3 Å². The van der Waals surface area contributed by atoms with Gasteiger partial charge in [-0.15, -0.1) is 0 Å². The van der Waals surface area contributed by atoms with Gasteiger partial charge in [0.15, 0.2) is 0 Å². The molecule has 0 amide bonds. The second-order valence-electron chi connectivity index (χ2n) is 5.30. The number of aromatic nitrogens is 3. The molecule has 0 unspecified atom stereocenters. The summed E-state index contributed by atoms with van der Waals surface area (Å²) >= 11 is 0. The fourth-order valence-corrected chi connectivity index (χ4v) is 2.80. The molecule has 0 radical (unpaired) electrons. The maximum atomic E-state index is 12.8. The van der Waals surface area contributed by atoms with Crippen LogP contribution < -0.4 is 5.73 Å². The molecule has 0 aliphatic carbocycles. The number of nitrogen functional groups attached to an aromatic ring is 1. The number of imidazole rings is 1. The van der Waals surface area contributed by atoms with Crippen LogP contribution in [0.25, 0.3) is 21.9 Å². The topological polar surface area (TPSA) is 65.8 Å². The van der Waals surface area contributed by atoms with E-state index in [2.05, 4.69) is 4.98 Å². The summed E-state index contributed by atoms with van der Waals surface area (Å²) in [4.78, 5) is 17.1. The highest BCUT2D eigenvalue weighted by Gasteiger charge is 2.16. The van der Waals surface area contributed by atoms with Crippen LogP contribution in [-0.2, 0) is 7.05 Å². The zero-order chi connectivity index (χ0) is 15.3. The largest absolute Gasteiger partial charge is 0.369 e. The molecule has 0 aliphatic rings. The average molecular weight is 290 g/mol. The highest BCUT2D eigenvalue weighted by atomic mass is 16.2. The molecule has 0 spiro atoms. The first-order valence-electron chi connectivity index (χ1n) is 6.98. The molecule has 5 heteroatoms. The number of nitrogens with two attached hydrogens (primary N) is 1. The van der Waals surface area contributed by atoms with Crippen molar-refractivity contribution in [3.8, 4) is 0 Å². The van der Waals surface area contributed by atoms with Crippen molar-refractivity contribution in [3.05, 3.63) is 60.3 Å². The number of hydrogen-bond acceptors (Lipinski definition) is 3. The van der Waals surface area contributed by atoms with Crippen LogP contribution in [0.3, 0.4) is 0 Å². The van der Waals surface area contributed by atoms with Gasteiger partial charge in [-0.25, -0.2) is 9.55 Å². The van der Waals surface area contributed by atoms with E-state index in [0.717, 1.165) is 16.4 Å². The molecule has 5 nitrogen and oxygen atoms in total. The molecule has 2 aromatic carbocycles.